The Bertz CT molecular complexity index is 882. The molecule has 0 aliphatic heterocycles. The molecule has 0 fully saturated rings. The molecule has 0 spiro atoms. The lowest BCUT2D eigenvalue weighted by atomic mass is 10.2. The first kappa shape index (κ1) is 18.5. The number of aromatic nitrogens is 3. The average molecular weight is 387 g/mol. The van der Waals surface area contributed by atoms with Gasteiger partial charge in [0.1, 0.15) is 0 Å². The van der Waals surface area contributed by atoms with Crippen LogP contribution in [0.15, 0.2) is 59.8 Å². The van der Waals surface area contributed by atoms with Crippen LogP contribution in [-0.2, 0) is 4.79 Å². The molecule has 0 radical (unpaired) electrons. The van der Waals surface area contributed by atoms with Crippen LogP contribution in [0.25, 0.3) is 17.1 Å². The number of carbonyl (C=O) groups excluding carboxylic acids is 1. The quantitative estimate of drug-likeness (QED) is 0.618. The number of amides is 1. The maximum Gasteiger partial charge on any atom is 0.230 e. The Kier molecular flexibility index (Phi) is 6.30. The van der Waals surface area contributed by atoms with Crippen molar-refractivity contribution in [3.63, 3.8) is 0 Å². The van der Waals surface area contributed by atoms with Crippen LogP contribution in [0.2, 0.25) is 5.02 Å². The van der Waals surface area contributed by atoms with Gasteiger partial charge < -0.3 is 5.32 Å². The van der Waals surface area contributed by atoms with Crippen molar-refractivity contribution in [2.45, 2.75) is 18.5 Å². The zero-order chi connectivity index (χ0) is 18.4. The van der Waals surface area contributed by atoms with E-state index in [1.807, 2.05) is 66.1 Å². The number of halogens is 1. The highest BCUT2D eigenvalue weighted by atomic mass is 35.5. The summed E-state index contributed by atoms with van der Waals surface area (Å²) in [7, 11) is 0. The van der Waals surface area contributed by atoms with Crippen molar-refractivity contribution >= 4 is 29.3 Å². The first-order valence-corrected chi connectivity index (χ1v) is 9.72. The Labute approximate surface area is 161 Å². The van der Waals surface area contributed by atoms with Gasteiger partial charge in [-0.3, -0.25) is 9.36 Å². The molecular formula is C19H19ClN4OS. The molecule has 0 atom stereocenters. The first-order chi connectivity index (χ1) is 12.7. The van der Waals surface area contributed by atoms with Crippen molar-refractivity contribution in [2.24, 2.45) is 0 Å². The summed E-state index contributed by atoms with van der Waals surface area (Å²) in [5.74, 6) is 0.921. The fourth-order valence-electron chi connectivity index (χ4n) is 2.44. The minimum atomic E-state index is -0.0150. The minimum absolute atomic E-state index is 0.0150. The molecule has 7 heteroatoms. The van der Waals surface area contributed by atoms with Gasteiger partial charge >= 0.3 is 0 Å². The van der Waals surface area contributed by atoms with Crippen molar-refractivity contribution in [1.29, 1.82) is 0 Å². The number of hydrogen-bond acceptors (Lipinski definition) is 4. The lowest BCUT2D eigenvalue weighted by molar-refractivity contribution is -0.118. The van der Waals surface area contributed by atoms with E-state index in [0.29, 0.717) is 22.5 Å². The van der Waals surface area contributed by atoms with Gasteiger partial charge in [0.25, 0.3) is 0 Å². The Hall–Kier alpha value is -2.31. The normalized spacial score (nSPS) is 10.7. The fourth-order valence-corrected chi connectivity index (χ4v) is 3.44. The predicted octanol–water partition coefficient (Wildman–Crippen LogP) is 4.21. The Morgan fingerprint density at radius 1 is 1.12 bits per heavy atom. The minimum Gasteiger partial charge on any atom is -0.355 e. The predicted molar refractivity (Wildman–Crippen MR) is 106 cm³/mol. The highest BCUT2D eigenvalue weighted by Crippen LogP contribution is 2.31. The van der Waals surface area contributed by atoms with Crippen LogP contribution in [0.5, 0.6) is 0 Å². The van der Waals surface area contributed by atoms with Crippen LogP contribution >= 0.6 is 23.4 Å². The number of nitrogens with zero attached hydrogens (tertiary/aromatic N) is 3. The zero-order valence-electron chi connectivity index (χ0n) is 14.4. The number of para-hydroxylation sites is 1. The first-order valence-electron chi connectivity index (χ1n) is 8.36. The second kappa shape index (κ2) is 8.87. The van der Waals surface area contributed by atoms with E-state index in [1.165, 1.54) is 11.8 Å². The summed E-state index contributed by atoms with van der Waals surface area (Å²) < 4.78 is 1.93. The van der Waals surface area contributed by atoms with Gasteiger partial charge in [-0.05, 0) is 30.7 Å². The van der Waals surface area contributed by atoms with E-state index in [0.717, 1.165) is 17.7 Å². The monoisotopic (exact) mass is 386 g/mol. The summed E-state index contributed by atoms with van der Waals surface area (Å²) in [4.78, 5) is 11.9. The molecule has 26 heavy (non-hydrogen) atoms. The van der Waals surface area contributed by atoms with Crippen LogP contribution < -0.4 is 5.32 Å². The van der Waals surface area contributed by atoms with Gasteiger partial charge in [0.15, 0.2) is 11.0 Å². The zero-order valence-corrected chi connectivity index (χ0v) is 15.9. The van der Waals surface area contributed by atoms with Crippen LogP contribution in [0.3, 0.4) is 0 Å². The molecule has 0 unspecified atom stereocenters. The summed E-state index contributed by atoms with van der Waals surface area (Å²) >= 11 is 7.72. The van der Waals surface area contributed by atoms with Gasteiger partial charge in [0.05, 0.1) is 10.8 Å². The van der Waals surface area contributed by atoms with E-state index in [9.17, 15) is 4.79 Å². The van der Waals surface area contributed by atoms with E-state index in [1.54, 1.807) is 0 Å². The van der Waals surface area contributed by atoms with Crippen molar-refractivity contribution in [3.8, 4) is 17.1 Å². The molecule has 0 saturated heterocycles. The van der Waals surface area contributed by atoms with Gasteiger partial charge in [-0.2, -0.15) is 0 Å². The van der Waals surface area contributed by atoms with Crippen LogP contribution in [-0.4, -0.2) is 33.0 Å². The van der Waals surface area contributed by atoms with Crippen molar-refractivity contribution in [2.75, 3.05) is 12.3 Å². The summed E-state index contributed by atoms with van der Waals surface area (Å²) in [6.45, 7) is 2.70. The molecule has 0 aliphatic carbocycles. The van der Waals surface area contributed by atoms with Crippen LogP contribution in [0, 0.1) is 0 Å². The molecule has 3 aromatic rings. The number of hydrogen-bond donors (Lipinski definition) is 1. The molecule has 5 nitrogen and oxygen atoms in total. The lowest BCUT2D eigenvalue weighted by Crippen LogP contribution is -2.25. The number of nitrogens with one attached hydrogen (secondary N) is 1. The molecule has 3 rings (SSSR count). The Morgan fingerprint density at radius 2 is 1.85 bits per heavy atom. The molecular weight excluding hydrogens is 368 g/mol. The third-order valence-corrected chi connectivity index (χ3v) is 4.93. The third-order valence-electron chi connectivity index (χ3n) is 3.67. The smallest absolute Gasteiger partial charge is 0.230 e. The van der Waals surface area contributed by atoms with Crippen LogP contribution in [0.4, 0.5) is 0 Å². The van der Waals surface area contributed by atoms with Crippen molar-refractivity contribution in [1.82, 2.24) is 20.1 Å². The Balaban J connectivity index is 1.96. The van der Waals surface area contributed by atoms with E-state index in [4.69, 9.17) is 11.6 Å². The third kappa shape index (κ3) is 4.26. The fraction of sp³-hybridized carbons (Fsp3) is 0.211. The Morgan fingerprint density at radius 3 is 2.58 bits per heavy atom. The molecule has 1 amide bonds. The van der Waals surface area contributed by atoms with E-state index >= 15 is 0 Å². The second-order valence-corrected chi connectivity index (χ2v) is 6.95. The van der Waals surface area contributed by atoms with Gasteiger partial charge in [-0.1, -0.05) is 60.6 Å². The second-order valence-electron chi connectivity index (χ2n) is 5.60. The van der Waals surface area contributed by atoms with Gasteiger partial charge in [0.2, 0.25) is 5.91 Å². The summed E-state index contributed by atoms with van der Waals surface area (Å²) in [5, 5.41) is 12.8. The average Bonchev–Trinajstić information content (AvgIpc) is 3.09. The van der Waals surface area contributed by atoms with Gasteiger partial charge in [-0.25, -0.2) is 0 Å². The van der Waals surface area contributed by atoms with Gasteiger partial charge in [-0.15, -0.1) is 10.2 Å². The van der Waals surface area contributed by atoms with E-state index in [2.05, 4.69) is 15.5 Å². The largest absolute Gasteiger partial charge is 0.355 e. The maximum atomic E-state index is 11.9. The van der Waals surface area contributed by atoms with Gasteiger partial charge in [0, 0.05) is 17.8 Å². The molecule has 1 heterocycles. The molecule has 2 aromatic carbocycles. The topological polar surface area (TPSA) is 59.8 Å². The summed E-state index contributed by atoms with van der Waals surface area (Å²) in [6, 6.07) is 17.3. The molecule has 134 valence electrons. The highest BCUT2D eigenvalue weighted by Gasteiger charge is 2.18. The highest BCUT2D eigenvalue weighted by molar-refractivity contribution is 7.99. The number of benzene rings is 2. The maximum absolute atomic E-state index is 11.9. The number of rotatable bonds is 7. The molecule has 1 N–H and O–H groups in total. The molecule has 0 aliphatic rings. The van der Waals surface area contributed by atoms with E-state index in [-0.39, 0.29) is 11.7 Å². The lowest BCUT2D eigenvalue weighted by Gasteiger charge is -2.11. The number of carbonyl (C=O) groups is 1. The van der Waals surface area contributed by atoms with Crippen molar-refractivity contribution < 1.29 is 4.79 Å². The standard InChI is InChI=1S/C19H19ClN4OS/c1-2-12-21-17(25)13-26-19-23-22-18(15-10-6-7-11-16(15)20)24(19)14-8-4-3-5-9-14/h3-11H,2,12-13H2,1H3,(H,21,25). The van der Waals surface area contributed by atoms with E-state index < -0.39 is 0 Å². The molecule has 0 saturated carbocycles. The SMILES string of the molecule is CCCNC(=O)CSc1nnc(-c2ccccc2Cl)n1-c1ccccc1. The molecule has 1 aromatic heterocycles. The summed E-state index contributed by atoms with van der Waals surface area (Å²) in [6.07, 6.45) is 0.910. The molecule has 0 bridgehead atoms. The summed E-state index contributed by atoms with van der Waals surface area (Å²) in [5.41, 5.74) is 1.72. The van der Waals surface area contributed by atoms with Crippen molar-refractivity contribution in [3.05, 3.63) is 59.6 Å². The number of thioether (sulfide) groups is 1. The van der Waals surface area contributed by atoms with Crippen LogP contribution in [0.1, 0.15) is 13.3 Å².